The zero-order chi connectivity index (χ0) is 16.2. The van der Waals surface area contributed by atoms with Crippen molar-refractivity contribution in [3.8, 4) is 0 Å². The molecule has 2 saturated heterocycles. The van der Waals surface area contributed by atoms with Crippen molar-refractivity contribution in [1.29, 1.82) is 0 Å². The number of hydrogen-bond acceptors (Lipinski definition) is 3. The molecule has 128 valence electrons. The summed E-state index contributed by atoms with van der Waals surface area (Å²) in [5.74, 6) is 0. The Hall–Kier alpha value is -1.65. The SMILES string of the molecule is c1ccc(Cn2cncc2CN2CCC(N3CCCC3)CC2)cc1. The molecule has 1 aromatic carbocycles. The summed E-state index contributed by atoms with van der Waals surface area (Å²) in [6.07, 6.45) is 9.46. The van der Waals surface area contributed by atoms with Gasteiger partial charge in [-0.1, -0.05) is 30.3 Å². The van der Waals surface area contributed by atoms with Gasteiger partial charge in [-0.05, 0) is 44.3 Å². The molecule has 4 rings (SSSR count). The summed E-state index contributed by atoms with van der Waals surface area (Å²) >= 11 is 0. The Labute approximate surface area is 145 Å². The fourth-order valence-corrected chi connectivity index (χ4v) is 4.18. The highest BCUT2D eigenvalue weighted by molar-refractivity contribution is 5.16. The lowest BCUT2D eigenvalue weighted by Gasteiger charge is -2.36. The first-order valence-corrected chi connectivity index (χ1v) is 9.38. The number of aromatic nitrogens is 2. The molecule has 24 heavy (non-hydrogen) atoms. The van der Waals surface area contributed by atoms with Crippen LogP contribution in [0.5, 0.6) is 0 Å². The Bertz CT molecular complexity index is 622. The van der Waals surface area contributed by atoms with Gasteiger partial charge in [-0.15, -0.1) is 0 Å². The molecular formula is C20H28N4. The van der Waals surface area contributed by atoms with Crippen LogP contribution in [0, 0.1) is 0 Å². The Morgan fingerprint density at radius 1 is 0.917 bits per heavy atom. The minimum atomic E-state index is 0.831. The van der Waals surface area contributed by atoms with E-state index in [1.165, 1.54) is 63.1 Å². The predicted octanol–water partition coefficient (Wildman–Crippen LogP) is 2.99. The van der Waals surface area contributed by atoms with Crippen molar-refractivity contribution in [3.05, 3.63) is 54.1 Å². The van der Waals surface area contributed by atoms with Crippen LogP contribution >= 0.6 is 0 Å². The zero-order valence-corrected chi connectivity index (χ0v) is 14.5. The van der Waals surface area contributed by atoms with Crippen LogP contribution in [-0.2, 0) is 13.1 Å². The van der Waals surface area contributed by atoms with Gasteiger partial charge in [0.15, 0.2) is 0 Å². The first-order chi connectivity index (χ1) is 11.9. The molecule has 0 aliphatic carbocycles. The van der Waals surface area contributed by atoms with E-state index in [2.05, 4.69) is 49.7 Å². The van der Waals surface area contributed by atoms with E-state index < -0.39 is 0 Å². The standard InChI is InChI=1S/C20H28N4/c1-2-6-18(7-3-1)15-24-17-21-14-20(24)16-22-12-8-19(9-13-22)23-10-4-5-11-23/h1-3,6-7,14,17,19H,4-5,8-13,15-16H2. The van der Waals surface area contributed by atoms with E-state index in [1.807, 2.05) is 12.5 Å². The van der Waals surface area contributed by atoms with Crippen LogP contribution in [-0.4, -0.2) is 51.6 Å². The quantitative estimate of drug-likeness (QED) is 0.845. The number of imidazole rings is 1. The van der Waals surface area contributed by atoms with E-state index in [4.69, 9.17) is 0 Å². The topological polar surface area (TPSA) is 24.3 Å². The first kappa shape index (κ1) is 15.9. The highest BCUT2D eigenvalue weighted by Crippen LogP contribution is 2.22. The van der Waals surface area contributed by atoms with Crippen molar-refractivity contribution in [3.63, 3.8) is 0 Å². The van der Waals surface area contributed by atoms with Crippen molar-refractivity contribution in [2.24, 2.45) is 0 Å². The van der Waals surface area contributed by atoms with E-state index in [-0.39, 0.29) is 0 Å². The molecule has 0 radical (unpaired) electrons. The molecule has 0 N–H and O–H groups in total. The third kappa shape index (κ3) is 3.70. The van der Waals surface area contributed by atoms with Gasteiger partial charge in [-0.2, -0.15) is 0 Å². The highest BCUT2D eigenvalue weighted by Gasteiger charge is 2.26. The molecule has 4 heteroatoms. The van der Waals surface area contributed by atoms with Crippen LogP contribution in [0.3, 0.4) is 0 Å². The number of likely N-dealkylation sites (tertiary alicyclic amines) is 2. The van der Waals surface area contributed by atoms with E-state index in [0.29, 0.717) is 0 Å². The third-order valence-corrected chi connectivity index (χ3v) is 5.59. The van der Waals surface area contributed by atoms with Gasteiger partial charge in [0.25, 0.3) is 0 Å². The molecule has 4 nitrogen and oxygen atoms in total. The molecule has 0 bridgehead atoms. The lowest BCUT2D eigenvalue weighted by atomic mass is 10.0. The summed E-state index contributed by atoms with van der Waals surface area (Å²) in [6, 6.07) is 11.5. The molecule has 0 atom stereocenters. The van der Waals surface area contributed by atoms with Crippen LogP contribution in [0.1, 0.15) is 36.9 Å². The van der Waals surface area contributed by atoms with E-state index >= 15 is 0 Å². The highest BCUT2D eigenvalue weighted by atomic mass is 15.2. The molecule has 2 aromatic rings. The number of benzene rings is 1. The van der Waals surface area contributed by atoms with Gasteiger partial charge in [0, 0.05) is 38.4 Å². The van der Waals surface area contributed by atoms with Gasteiger partial charge in [-0.25, -0.2) is 4.98 Å². The van der Waals surface area contributed by atoms with Gasteiger partial charge in [0.2, 0.25) is 0 Å². The van der Waals surface area contributed by atoms with Crippen molar-refractivity contribution < 1.29 is 0 Å². The smallest absolute Gasteiger partial charge is 0.0951 e. The Morgan fingerprint density at radius 2 is 1.67 bits per heavy atom. The van der Waals surface area contributed by atoms with Gasteiger partial charge in [0.05, 0.1) is 12.0 Å². The Kier molecular flexibility index (Phi) is 4.95. The molecule has 0 saturated carbocycles. The molecule has 0 unspecified atom stereocenters. The average Bonchev–Trinajstić information content (AvgIpc) is 3.29. The Morgan fingerprint density at radius 3 is 2.42 bits per heavy atom. The molecule has 0 amide bonds. The van der Waals surface area contributed by atoms with Crippen molar-refractivity contribution in [2.75, 3.05) is 26.2 Å². The minimum Gasteiger partial charge on any atom is -0.329 e. The fraction of sp³-hybridized carbons (Fsp3) is 0.550. The second-order valence-electron chi connectivity index (χ2n) is 7.25. The predicted molar refractivity (Wildman–Crippen MR) is 96.9 cm³/mol. The maximum absolute atomic E-state index is 4.39. The first-order valence-electron chi connectivity index (χ1n) is 9.38. The van der Waals surface area contributed by atoms with Crippen LogP contribution in [0.25, 0.3) is 0 Å². The lowest BCUT2D eigenvalue weighted by Crippen LogP contribution is -2.43. The number of piperidine rings is 1. The second kappa shape index (κ2) is 7.49. The maximum Gasteiger partial charge on any atom is 0.0951 e. The van der Waals surface area contributed by atoms with E-state index in [0.717, 1.165) is 19.1 Å². The normalized spacial score (nSPS) is 20.7. The van der Waals surface area contributed by atoms with Crippen molar-refractivity contribution >= 4 is 0 Å². The van der Waals surface area contributed by atoms with Gasteiger partial charge in [-0.3, -0.25) is 4.90 Å². The van der Waals surface area contributed by atoms with Crippen molar-refractivity contribution in [1.82, 2.24) is 19.4 Å². The van der Waals surface area contributed by atoms with Crippen LogP contribution < -0.4 is 0 Å². The van der Waals surface area contributed by atoms with Crippen LogP contribution in [0.4, 0.5) is 0 Å². The number of nitrogens with zero attached hydrogens (tertiary/aromatic N) is 4. The second-order valence-corrected chi connectivity index (χ2v) is 7.25. The van der Waals surface area contributed by atoms with Gasteiger partial charge < -0.3 is 9.47 Å². The molecule has 1 aromatic heterocycles. The third-order valence-electron chi connectivity index (χ3n) is 5.59. The number of hydrogen-bond donors (Lipinski definition) is 0. The van der Waals surface area contributed by atoms with Gasteiger partial charge >= 0.3 is 0 Å². The lowest BCUT2D eigenvalue weighted by molar-refractivity contribution is 0.121. The molecule has 3 heterocycles. The monoisotopic (exact) mass is 324 g/mol. The fourth-order valence-electron chi connectivity index (χ4n) is 4.18. The molecule has 0 spiro atoms. The van der Waals surface area contributed by atoms with E-state index in [1.54, 1.807) is 0 Å². The summed E-state index contributed by atoms with van der Waals surface area (Å²) in [7, 11) is 0. The maximum atomic E-state index is 4.39. The van der Waals surface area contributed by atoms with Crippen LogP contribution in [0.2, 0.25) is 0 Å². The minimum absolute atomic E-state index is 0.831. The number of rotatable bonds is 5. The zero-order valence-electron chi connectivity index (χ0n) is 14.5. The van der Waals surface area contributed by atoms with Crippen LogP contribution in [0.15, 0.2) is 42.9 Å². The molecule has 2 aliphatic heterocycles. The van der Waals surface area contributed by atoms with E-state index in [9.17, 15) is 0 Å². The summed E-state index contributed by atoms with van der Waals surface area (Å²) < 4.78 is 2.29. The summed E-state index contributed by atoms with van der Waals surface area (Å²) in [6.45, 7) is 7.04. The van der Waals surface area contributed by atoms with Gasteiger partial charge in [0.1, 0.15) is 0 Å². The summed E-state index contributed by atoms with van der Waals surface area (Å²) in [5, 5.41) is 0. The summed E-state index contributed by atoms with van der Waals surface area (Å²) in [5.41, 5.74) is 2.67. The summed E-state index contributed by atoms with van der Waals surface area (Å²) in [4.78, 5) is 9.71. The average molecular weight is 324 g/mol. The Balaban J connectivity index is 1.33. The largest absolute Gasteiger partial charge is 0.329 e. The molecular weight excluding hydrogens is 296 g/mol. The molecule has 2 fully saturated rings. The molecule has 2 aliphatic rings. The van der Waals surface area contributed by atoms with Crippen molar-refractivity contribution in [2.45, 2.75) is 44.8 Å².